The Morgan fingerprint density at radius 2 is 2.24 bits per heavy atom. The summed E-state index contributed by atoms with van der Waals surface area (Å²) >= 11 is 0. The van der Waals surface area contributed by atoms with Crippen LogP contribution in [-0.4, -0.2) is 36.2 Å². The SMILES string of the molecule is C[C@H]1OCCN[C@@H]1C(=O)NCc1ncc(C(C)(C)C)o1.Cl. The Bertz CT molecular complexity index is 470. The molecular weight excluding hydrogens is 294 g/mol. The van der Waals surface area contributed by atoms with E-state index < -0.39 is 0 Å². The highest BCUT2D eigenvalue weighted by Crippen LogP contribution is 2.22. The maximum Gasteiger partial charge on any atom is 0.240 e. The van der Waals surface area contributed by atoms with Gasteiger partial charge in [0.25, 0.3) is 0 Å². The average Bonchev–Trinajstić information content (AvgIpc) is 2.85. The molecule has 1 aromatic heterocycles. The quantitative estimate of drug-likeness (QED) is 0.881. The van der Waals surface area contributed by atoms with Crippen LogP contribution in [0.1, 0.15) is 39.3 Å². The van der Waals surface area contributed by atoms with E-state index in [2.05, 4.69) is 36.4 Å². The Hall–Kier alpha value is -1.11. The van der Waals surface area contributed by atoms with Gasteiger partial charge in [0.15, 0.2) is 0 Å². The van der Waals surface area contributed by atoms with Gasteiger partial charge in [0.05, 0.1) is 25.5 Å². The zero-order valence-corrected chi connectivity index (χ0v) is 13.8. The molecule has 2 N–H and O–H groups in total. The highest BCUT2D eigenvalue weighted by molar-refractivity contribution is 5.85. The number of aromatic nitrogens is 1. The molecule has 2 rings (SSSR count). The molecule has 2 heterocycles. The van der Waals surface area contributed by atoms with Crippen LogP contribution in [0.4, 0.5) is 0 Å². The van der Waals surface area contributed by atoms with Gasteiger partial charge in [-0.25, -0.2) is 4.98 Å². The molecule has 0 bridgehead atoms. The van der Waals surface area contributed by atoms with Gasteiger partial charge in [-0.3, -0.25) is 4.79 Å². The molecule has 0 unspecified atom stereocenters. The third kappa shape index (κ3) is 4.69. The maximum atomic E-state index is 12.1. The van der Waals surface area contributed by atoms with Crippen LogP contribution in [0.15, 0.2) is 10.6 Å². The molecule has 21 heavy (non-hydrogen) atoms. The Morgan fingerprint density at radius 3 is 2.81 bits per heavy atom. The molecule has 1 fully saturated rings. The number of nitrogens with zero attached hydrogens (tertiary/aromatic N) is 1. The highest BCUT2D eigenvalue weighted by atomic mass is 35.5. The molecule has 1 aromatic rings. The number of halogens is 1. The van der Waals surface area contributed by atoms with Crippen molar-refractivity contribution in [3.05, 3.63) is 17.8 Å². The summed E-state index contributed by atoms with van der Waals surface area (Å²) in [5.74, 6) is 1.25. The summed E-state index contributed by atoms with van der Waals surface area (Å²) in [5, 5.41) is 5.97. The number of carbonyl (C=O) groups is 1. The first-order valence-corrected chi connectivity index (χ1v) is 6.96. The minimum atomic E-state index is -0.319. The standard InChI is InChI=1S/C14H23N3O3.ClH/c1-9-12(15-5-6-19-9)13(18)17-8-11-16-7-10(20-11)14(2,3)4;/h7,9,12,15H,5-6,8H2,1-4H3,(H,17,18);1H/t9-,12+;/m1./s1. The van der Waals surface area contributed by atoms with Gasteiger partial charge in [0.2, 0.25) is 11.8 Å². The number of oxazole rings is 1. The monoisotopic (exact) mass is 317 g/mol. The first-order chi connectivity index (χ1) is 9.38. The van der Waals surface area contributed by atoms with Crippen molar-refractivity contribution in [2.75, 3.05) is 13.2 Å². The fraction of sp³-hybridized carbons (Fsp3) is 0.714. The molecule has 1 aliphatic heterocycles. The number of carbonyl (C=O) groups excluding carboxylic acids is 1. The summed E-state index contributed by atoms with van der Waals surface area (Å²) in [6.07, 6.45) is 1.59. The van der Waals surface area contributed by atoms with Crippen LogP contribution in [0, 0.1) is 0 Å². The van der Waals surface area contributed by atoms with E-state index in [9.17, 15) is 4.79 Å². The summed E-state index contributed by atoms with van der Waals surface area (Å²) in [7, 11) is 0. The van der Waals surface area contributed by atoms with E-state index in [0.29, 0.717) is 25.6 Å². The van der Waals surface area contributed by atoms with E-state index in [0.717, 1.165) is 5.76 Å². The molecule has 0 saturated carbocycles. The molecule has 7 heteroatoms. The van der Waals surface area contributed by atoms with E-state index in [1.165, 1.54) is 0 Å². The van der Waals surface area contributed by atoms with Crippen LogP contribution in [0.3, 0.4) is 0 Å². The Kier molecular flexibility index (Phi) is 6.19. The molecule has 120 valence electrons. The minimum Gasteiger partial charge on any atom is -0.443 e. The zero-order chi connectivity index (χ0) is 14.8. The van der Waals surface area contributed by atoms with Crippen LogP contribution in [0.25, 0.3) is 0 Å². The second-order valence-electron chi connectivity index (χ2n) is 6.09. The maximum absolute atomic E-state index is 12.1. The summed E-state index contributed by atoms with van der Waals surface area (Å²) in [5.41, 5.74) is -0.0808. The third-order valence-corrected chi connectivity index (χ3v) is 3.31. The smallest absolute Gasteiger partial charge is 0.240 e. The zero-order valence-electron chi connectivity index (χ0n) is 12.9. The Labute approximate surface area is 131 Å². The van der Waals surface area contributed by atoms with Crippen molar-refractivity contribution >= 4 is 18.3 Å². The summed E-state index contributed by atoms with van der Waals surface area (Å²) in [6.45, 7) is 9.68. The van der Waals surface area contributed by atoms with E-state index in [4.69, 9.17) is 9.15 Å². The van der Waals surface area contributed by atoms with Crippen molar-refractivity contribution in [1.29, 1.82) is 0 Å². The number of ether oxygens (including phenoxy) is 1. The lowest BCUT2D eigenvalue weighted by Gasteiger charge is -2.29. The van der Waals surface area contributed by atoms with Gasteiger partial charge >= 0.3 is 0 Å². The molecule has 1 aliphatic rings. The predicted molar refractivity (Wildman–Crippen MR) is 81.5 cm³/mol. The summed E-state index contributed by atoms with van der Waals surface area (Å²) in [4.78, 5) is 16.2. The van der Waals surface area contributed by atoms with Gasteiger partial charge in [-0.1, -0.05) is 20.8 Å². The van der Waals surface area contributed by atoms with Crippen molar-refractivity contribution < 1.29 is 13.9 Å². The van der Waals surface area contributed by atoms with E-state index in [1.54, 1.807) is 6.20 Å². The normalized spacial score (nSPS) is 22.5. The third-order valence-electron chi connectivity index (χ3n) is 3.31. The lowest BCUT2D eigenvalue weighted by atomic mass is 9.94. The first kappa shape index (κ1) is 17.9. The number of hydrogen-bond donors (Lipinski definition) is 2. The van der Waals surface area contributed by atoms with Gasteiger partial charge in [-0.15, -0.1) is 12.4 Å². The second kappa shape index (κ2) is 7.24. The van der Waals surface area contributed by atoms with Crippen LogP contribution >= 0.6 is 12.4 Å². The summed E-state index contributed by atoms with van der Waals surface area (Å²) < 4.78 is 11.1. The molecule has 0 aliphatic carbocycles. The van der Waals surface area contributed by atoms with Crippen molar-refractivity contribution in [3.8, 4) is 0 Å². The number of nitrogens with one attached hydrogen (secondary N) is 2. The topological polar surface area (TPSA) is 76.4 Å². The van der Waals surface area contributed by atoms with Gasteiger partial charge in [0.1, 0.15) is 11.8 Å². The molecule has 0 radical (unpaired) electrons. The molecule has 1 saturated heterocycles. The van der Waals surface area contributed by atoms with E-state index in [1.807, 2.05) is 6.92 Å². The van der Waals surface area contributed by atoms with Crippen LogP contribution in [0.2, 0.25) is 0 Å². The van der Waals surface area contributed by atoms with E-state index in [-0.39, 0.29) is 35.9 Å². The molecule has 0 spiro atoms. The number of morpholine rings is 1. The lowest BCUT2D eigenvalue weighted by molar-refractivity contribution is -0.129. The fourth-order valence-corrected chi connectivity index (χ4v) is 2.04. The van der Waals surface area contributed by atoms with Crippen molar-refractivity contribution in [3.63, 3.8) is 0 Å². The minimum absolute atomic E-state index is 0. The highest BCUT2D eigenvalue weighted by Gasteiger charge is 2.28. The number of rotatable bonds is 3. The van der Waals surface area contributed by atoms with Crippen molar-refractivity contribution in [1.82, 2.24) is 15.6 Å². The number of hydrogen-bond acceptors (Lipinski definition) is 5. The molecule has 6 nitrogen and oxygen atoms in total. The summed E-state index contributed by atoms with van der Waals surface area (Å²) in [6, 6.07) is -0.319. The molecule has 2 atom stereocenters. The van der Waals surface area contributed by atoms with Gasteiger partial charge in [-0.05, 0) is 6.92 Å². The van der Waals surface area contributed by atoms with Crippen molar-refractivity contribution in [2.45, 2.75) is 51.8 Å². The van der Waals surface area contributed by atoms with Crippen LogP contribution in [-0.2, 0) is 21.5 Å². The first-order valence-electron chi connectivity index (χ1n) is 6.96. The van der Waals surface area contributed by atoms with Crippen molar-refractivity contribution in [2.24, 2.45) is 0 Å². The second-order valence-corrected chi connectivity index (χ2v) is 6.09. The van der Waals surface area contributed by atoms with Gasteiger partial charge < -0.3 is 19.8 Å². The van der Waals surface area contributed by atoms with E-state index >= 15 is 0 Å². The van der Waals surface area contributed by atoms with Crippen LogP contribution in [0.5, 0.6) is 0 Å². The van der Waals surface area contributed by atoms with Gasteiger partial charge in [-0.2, -0.15) is 0 Å². The fourth-order valence-electron chi connectivity index (χ4n) is 2.04. The Balaban J connectivity index is 0.00000220. The molecule has 0 aromatic carbocycles. The lowest BCUT2D eigenvalue weighted by Crippen LogP contribution is -2.55. The average molecular weight is 318 g/mol. The van der Waals surface area contributed by atoms with Crippen LogP contribution < -0.4 is 10.6 Å². The molecule has 1 amide bonds. The van der Waals surface area contributed by atoms with Gasteiger partial charge in [0, 0.05) is 12.0 Å². The Morgan fingerprint density at radius 1 is 1.52 bits per heavy atom. The predicted octanol–water partition coefficient (Wildman–Crippen LogP) is 1.39. The largest absolute Gasteiger partial charge is 0.443 e. The molecular formula is C14H24ClN3O3. The number of amides is 1.